The molecule has 2 aliphatic heterocycles. The fourth-order valence-corrected chi connectivity index (χ4v) is 8.96. The highest BCUT2D eigenvalue weighted by molar-refractivity contribution is 7.81. The second-order valence-electron chi connectivity index (χ2n) is 13.5. The van der Waals surface area contributed by atoms with Gasteiger partial charge in [0.25, 0.3) is 11.8 Å². The predicted molar refractivity (Wildman–Crippen MR) is 200 cm³/mol. The lowest BCUT2D eigenvalue weighted by Gasteiger charge is -2.36. The molecule has 2 atom stereocenters. The number of amides is 2. The van der Waals surface area contributed by atoms with Crippen molar-refractivity contribution in [3.63, 3.8) is 0 Å². The highest BCUT2D eigenvalue weighted by Gasteiger charge is 2.37. The molecular weight excluding hydrogens is 605 g/mol. The van der Waals surface area contributed by atoms with Crippen LogP contribution in [0.2, 0.25) is 0 Å². The number of carbonyl (C=O) groups excluding carboxylic acids is 2. The Morgan fingerprint density at radius 1 is 0.500 bits per heavy atom. The van der Waals surface area contributed by atoms with E-state index in [0.717, 1.165) is 91.0 Å². The minimum atomic E-state index is 0.0000797. The number of hydrogen-bond donors (Lipinski definition) is 0. The molecule has 2 aliphatic rings. The van der Waals surface area contributed by atoms with Crippen LogP contribution in [0.15, 0.2) is 48.5 Å². The van der Waals surface area contributed by atoms with Gasteiger partial charge in [-0.05, 0) is 71.1 Å². The largest absolute Gasteiger partial charge is 0.296 e. The average Bonchev–Trinajstić information content (AvgIpc) is 3.05. The third-order valence-electron chi connectivity index (χ3n) is 10.5. The maximum Gasteiger partial charge on any atom is 0.259 e. The van der Waals surface area contributed by atoms with E-state index in [0.29, 0.717) is 9.98 Å². The molecule has 0 radical (unpaired) electrons. The van der Waals surface area contributed by atoms with Gasteiger partial charge in [-0.3, -0.25) is 19.4 Å². The number of nitrogens with zero attached hydrogens (tertiary/aromatic N) is 2. The van der Waals surface area contributed by atoms with Crippen molar-refractivity contribution >= 4 is 89.3 Å². The van der Waals surface area contributed by atoms with Crippen LogP contribution in [-0.4, -0.2) is 43.7 Å². The highest BCUT2D eigenvalue weighted by atomic mass is 32.1. The summed E-state index contributed by atoms with van der Waals surface area (Å²) in [5.74, 6) is 0.000159. The molecule has 5 aromatic rings. The second kappa shape index (κ2) is 12.3. The molecular formula is C40H42N2O2S2. The Morgan fingerprint density at radius 3 is 1.20 bits per heavy atom. The first-order chi connectivity index (χ1) is 22.3. The first-order valence-electron chi connectivity index (χ1n) is 17.3. The van der Waals surface area contributed by atoms with E-state index >= 15 is 0 Å². The summed E-state index contributed by atoms with van der Waals surface area (Å²) in [5.41, 5.74) is 3.36. The van der Waals surface area contributed by atoms with E-state index in [9.17, 15) is 9.59 Å². The summed E-state index contributed by atoms with van der Waals surface area (Å²) < 4.78 is 0. The van der Waals surface area contributed by atoms with Crippen LogP contribution in [-0.2, 0) is 0 Å². The van der Waals surface area contributed by atoms with Crippen molar-refractivity contribution in [2.45, 2.75) is 104 Å². The molecule has 4 nitrogen and oxygen atoms in total. The lowest BCUT2D eigenvalue weighted by molar-refractivity contribution is 0.0798. The van der Waals surface area contributed by atoms with Gasteiger partial charge in [0.05, 0.1) is 0 Å². The van der Waals surface area contributed by atoms with E-state index in [1.54, 1.807) is 0 Å². The first kappa shape index (κ1) is 31.1. The van der Waals surface area contributed by atoms with Gasteiger partial charge in [0, 0.05) is 45.1 Å². The third kappa shape index (κ3) is 4.66. The molecule has 0 bridgehead atoms. The summed E-state index contributed by atoms with van der Waals surface area (Å²) in [6, 6.07) is 16.8. The molecule has 236 valence electrons. The number of hydrogen-bond acceptors (Lipinski definition) is 4. The first-order valence-corrected chi connectivity index (χ1v) is 18.1. The molecule has 7 rings (SSSR count). The van der Waals surface area contributed by atoms with Gasteiger partial charge < -0.3 is 0 Å². The molecule has 2 unspecified atom stereocenters. The van der Waals surface area contributed by atoms with Crippen LogP contribution in [0.4, 0.5) is 0 Å². The standard InChI is InChI=1S/C40H42N2O2S2/c1-5-7-9-11-13-23(3)41-37(43)29-19-15-25-28-18-22-32-36-30(38(44)42(40(32)46)24(4)14-12-10-8-6-2)20-16-26(34(28)36)27-17-21-31(39(41)45)35(29)33(25)27/h15-24H,5-14H2,1-4H3. The molecule has 0 spiro atoms. The smallest absolute Gasteiger partial charge is 0.259 e. The van der Waals surface area contributed by atoms with Gasteiger partial charge in [-0.15, -0.1) is 0 Å². The van der Waals surface area contributed by atoms with Gasteiger partial charge in [0.15, 0.2) is 0 Å². The quantitative estimate of drug-likeness (QED) is 0.0585. The van der Waals surface area contributed by atoms with Crippen molar-refractivity contribution in [1.82, 2.24) is 9.80 Å². The van der Waals surface area contributed by atoms with Crippen molar-refractivity contribution in [3.05, 3.63) is 70.8 Å². The molecule has 0 N–H and O–H groups in total. The zero-order chi connectivity index (χ0) is 32.3. The normalized spacial score (nSPS) is 16.2. The number of fused-ring (bicyclic) bond motifs is 2. The summed E-state index contributed by atoms with van der Waals surface area (Å²) in [7, 11) is 0. The molecule has 2 amide bonds. The van der Waals surface area contributed by atoms with Crippen molar-refractivity contribution in [1.29, 1.82) is 0 Å². The van der Waals surface area contributed by atoms with Crippen molar-refractivity contribution < 1.29 is 9.59 Å². The van der Waals surface area contributed by atoms with Crippen LogP contribution in [0.1, 0.15) is 124 Å². The Labute approximate surface area is 282 Å². The SMILES string of the molecule is CCCCCCC(C)N1C(=O)c2ccc3c4ccc5c6c(ccc(c7ccc(c2c37)C1=S)c64)C(=O)N(C(C)CCCCCC)C5=S. The van der Waals surface area contributed by atoms with Crippen LogP contribution in [0, 0.1) is 0 Å². The molecule has 5 aromatic carbocycles. The number of carbonyl (C=O) groups is 2. The summed E-state index contributed by atoms with van der Waals surface area (Å²) in [5, 5.41) is 8.36. The topological polar surface area (TPSA) is 40.6 Å². The fraction of sp³-hybridized carbons (Fsp3) is 0.400. The molecule has 0 fully saturated rings. The van der Waals surface area contributed by atoms with Crippen LogP contribution in [0.5, 0.6) is 0 Å². The van der Waals surface area contributed by atoms with E-state index in [1.165, 1.54) is 38.5 Å². The lowest BCUT2D eigenvalue weighted by Crippen LogP contribution is -2.45. The molecule has 0 saturated heterocycles. The monoisotopic (exact) mass is 646 g/mol. The van der Waals surface area contributed by atoms with Crippen LogP contribution < -0.4 is 0 Å². The van der Waals surface area contributed by atoms with Gasteiger partial charge >= 0.3 is 0 Å². The Morgan fingerprint density at radius 2 is 0.848 bits per heavy atom. The molecule has 6 heteroatoms. The average molecular weight is 647 g/mol. The van der Waals surface area contributed by atoms with Gasteiger partial charge in [-0.2, -0.15) is 0 Å². The molecule has 2 heterocycles. The minimum absolute atomic E-state index is 0.0000797. The third-order valence-corrected chi connectivity index (χ3v) is 11.4. The zero-order valence-corrected chi connectivity index (χ0v) is 29.0. The number of rotatable bonds is 12. The van der Waals surface area contributed by atoms with E-state index in [4.69, 9.17) is 24.4 Å². The van der Waals surface area contributed by atoms with Crippen molar-refractivity contribution in [3.8, 4) is 0 Å². The maximum absolute atomic E-state index is 14.1. The van der Waals surface area contributed by atoms with E-state index < -0.39 is 0 Å². The van der Waals surface area contributed by atoms with E-state index in [1.807, 2.05) is 21.9 Å². The Hall–Kier alpha value is -3.48. The van der Waals surface area contributed by atoms with Gasteiger partial charge in [0.1, 0.15) is 9.98 Å². The van der Waals surface area contributed by atoms with Gasteiger partial charge in [-0.1, -0.05) is 126 Å². The fourth-order valence-electron chi connectivity index (χ4n) is 8.10. The summed E-state index contributed by atoms with van der Waals surface area (Å²) in [6.45, 7) is 8.68. The summed E-state index contributed by atoms with van der Waals surface area (Å²) in [6.07, 6.45) is 11.2. The van der Waals surface area contributed by atoms with Crippen LogP contribution >= 0.6 is 24.4 Å². The number of thiocarbonyl (C=S) groups is 2. The van der Waals surface area contributed by atoms with Crippen molar-refractivity contribution in [2.24, 2.45) is 0 Å². The van der Waals surface area contributed by atoms with Gasteiger partial charge in [0.2, 0.25) is 0 Å². The van der Waals surface area contributed by atoms with Gasteiger partial charge in [-0.25, -0.2) is 0 Å². The molecule has 0 aliphatic carbocycles. The van der Waals surface area contributed by atoms with E-state index in [2.05, 4.69) is 64.1 Å². The summed E-state index contributed by atoms with van der Waals surface area (Å²) in [4.78, 5) is 33.1. The van der Waals surface area contributed by atoms with Crippen LogP contribution in [0.25, 0.3) is 43.1 Å². The number of benzene rings is 5. The zero-order valence-electron chi connectivity index (χ0n) is 27.4. The molecule has 0 saturated carbocycles. The number of unbranched alkanes of at least 4 members (excludes halogenated alkanes) is 6. The van der Waals surface area contributed by atoms with Crippen LogP contribution in [0.3, 0.4) is 0 Å². The van der Waals surface area contributed by atoms with Crippen molar-refractivity contribution in [2.75, 3.05) is 0 Å². The summed E-state index contributed by atoms with van der Waals surface area (Å²) >= 11 is 12.1. The Kier molecular flexibility index (Phi) is 8.31. The minimum Gasteiger partial charge on any atom is -0.296 e. The lowest BCUT2D eigenvalue weighted by atomic mass is 9.82. The second-order valence-corrected chi connectivity index (χ2v) is 14.3. The predicted octanol–water partition coefficient (Wildman–Crippen LogP) is 10.7. The maximum atomic E-state index is 14.1. The Balaban J connectivity index is 1.35. The Bertz CT molecular complexity index is 1800. The molecule has 46 heavy (non-hydrogen) atoms. The highest BCUT2D eigenvalue weighted by Crippen LogP contribution is 2.47. The molecule has 0 aromatic heterocycles. The van der Waals surface area contributed by atoms with E-state index in [-0.39, 0.29) is 23.9 Å².